The van der Waals surface area contributed by atoms with Gasteiger partial charge in [0, 0.05) is 13.1 Å². The third kappa shape index (κ3) is 6.49. The number of hydrogen-bond donors (Lipinski definition) is 0. The summed E-state index contributed by atoms with van der Waals surface area (Å²) in [5.41, 5.74) is 9.30. The normalized spacial score (nSPS) is 14.5. The van der Waals surface area contributed by atoms with E-state index >= 15 is 0 Å². The molecule has 0 atom stereocenters. The van der Waals surface area contributed by atoms with Gasteiger partial charge in [0.2, 0.25) is 13.8 Å². The van der Waals surface area contributed by atoms with Gasteiger partial charge < -0.3 is 9.80 Å². The van der Waals surface area contributed by atoms with E-state index < -0.39 is 13.8 Å². The molecule has 2 nitrogen and oxygen atoms in total. The van der Waals surface area contributed by atoms with Crippen molar-refractivity contribution in [2.45, 2.75) is 13.1 Å². The Balaban J connectivity index is 1.75. The number of benzene rings is 6. The fourth-order valence-electron chi connectivity index (χ4n) is 7.93. The van der Waals surface area contributed by atoms with Gasteiger partial charge in [-0.3, -0.25) is 0 Å². The highest BCUT2D eigenvalue weighted by molar-refractivity contribution is 7.87. The first-order valence-corrected chi connectivity index (χ1v) is 24.8. The molecule has 6 aromatic rings. The quantitative estimate of drug-likeness (QED) is 0.0962. The van der Waals surface area contributed by atoms with Gasteiger partial charge in [-0.25, -0.2) is 0 Å². The molecule has 0 unspecified atom stereocenters. The van der Waals surface area contributed by atoms with E-state index in [2.05, 4.69) is 208 Å². The average molecular weight is 752 g/mol. The minimum Gasteiger partial charge on any atom is -0.305 e. The van der Waals surface area contributed by atoms with Crippen LogP contribution in [0.2, 0.25) is 0 Å². The summed E-state index contributed by atoms with van der Waals surface area (Å²) in [6.45, 7) is -5.67. The van der Waals surface area contributed by atoms with Crippen molar-refractivity contribution >= 4 is 67.9 Å². The maximum absolute atomic E-state index is 9.18. The first-order valence-electron chi connectivity index (χ1n) is 17.8. The van der Waals surface area contributed by atoms with Crippen LogP contribution >= 0.6 is 22.2 Å². The average Bonchev–Trinajstić information content (AvgIpc) is 3.46. The molecular weight excluding hydrogens is 708 g/mol. The molecule has 0 radical (unpaired) electrons. The van der Waals surface area contributed by atoms with Crippen LogP contribution in [-0.4, -0.2) is 51.8 Å². The Bertz CT molecular complexity index is 2060. The predicted molar refractivity (Wildman–Crippen MR) is 230 cm³/mol. The van der Waals surface area contributed by atoms with E-state index in [9.17, 15) is 11.1 Å². The lowest BCUT2D eigenvalue weighted by Gasteiger charge is -2.43. The molecule has 6 aromatic carbocycles. The van der Waals surface area contributed by atoms with Crippen molar-refractivity contribution in [3.05, 3.63) is 203 Å². The maximum atomic E-state index is 9.18. The lowest BCUT2D eigenvalue weighted by molar-refractivity contribution is 0.403. The van der Waals surface area contributed by atoms with Crippen molar-refractivity contribution in [3.8, 4) is 0 Å². The van der Waals surface area contributed by atoms with Crippen LogP contribution in [0.5, 0.6) is 0 Å². The van der Waals surface area contributed by atoms with Crippen molar-refractivity contribution in [2.24, 2.45) is 0 Å². The van der Waals surface area contributed by atoms with E-state index in [0.717, 1.165) is 35.3 Å². The number of nitrogens with zero attached hydrogens (tertiary/aromatic N) is 2. The van der Waals surface area contributed by atoms with E-state index in [1.165, 1.54) is 43.0 Å². The second kappa shape index (κ2) is 15.4. The van der Waals surface area contributed by atoms with Gasteiger partial charge in [-0.05, 0) is 93.5 Å². The monoisotopic (exact) mass is 750 g/mol. The topological polar surface area (TPSA) is 6.48 Å². The number of halogens is 2. The second-order valence-electron chi connectivity index (χ2n) is 14.1. The fourth-order valence-corrected chi connectivity index (χ4v) is 27.4. The van der Waals surface area contributed by atoms with Gasteiger partial charge in [0.15, 0.2) is 0 Å². The summed E-state index contributed by atoms with van der Waals surface area (Å²) in [5.74, 6) is 0. The number of allylic oxidation sites excluding steroid dienone is 2. The minimum atomic E-state index is -3.62. The maximum Gasteiger partial charge on any atom is 0.236 e. The largest absolute Gasteiger partial charge is 0.305 e. The Morgan fingerprint density at radius 2 is 0.712 bits per heavy atom. The molecule has 52 heavy (non-hydrogen) atoms. The molecule has 0 saturated heterocycles. The summed E-state index contributed by atoms with van der Waals surface area (Å²) in [5, 5.41) is 4.72. The summed E-state index contributed by atoms with van der Waals surface area (Å²) in [6.07, 6.45) is 0. The van der Waals surface area contributed by atoms with Crippen LogP contribution in [0.15, 0.2) is 170 Å². The molecule has 6 heteroatoms. The van der Waals surface area contributed by atoms with Gasteiger partial charge >= 0.3 is 0 Å². The third-order valence-corrected chi connectivity index (χ3v) is 30.1. The zero-order valence-corrected chi connectivity index (χ0v) is 33.7. The van der Waals surface area contributed by atoms with Gasteiger partial charge in [-0.1, -0.05) is 170 Å². The lowest BCUT2D eigenvalue weighted by Crippen LogP contribution is -2.73. The molecule has 0 amide bonds. The van der Waals surface area contributed by atoms with Crippen LogP contribution < -0.4 is 10.4 Å². The molecule has 1 heterocycles. The SMILES string of the molecule is CN(C)Cc1ccccc1[Si](Cl)(c1ccccc1CN(C)C)[Si]1(Cl)C(c2ccccc2)=C(c2ccccc2)C(c2ccccc2)=C1c1ccccc1. The molecular formula is C46H44Cl2N2Si2. The summed E-state index contributed by atoms with van der Waals surface area (Å²) in [7, 11) is 8.51. The Kier molecular flexibility index (Phi) is 10.7. The van der Waals surface area contributed by atoms with Crippen LogP contribution in [0.3, 0.4) is 0 Å². The predicted octanol–water partition coefficient (Wildman–Crippen LogP) is 9.68. The van der Waals surface area contributed by atoms with Crippen LogP contribution in [0, 0.1) is 0 Å². The van der Waals surface area contributed by atoms with Crippen LogP contribution in [0.4, 0.5) is 0 Å². The molecule has 0 N–H and O–H groups in total. The van der Waals surface area contributed by atoms with Crippen molar-refractivity contribution in [1.82, 2.24) is 9.80 Å². The highest BCUT2D eigenvalue weighted by Gasteiger charge is 2.66. The van der Waals surface area contributed by atoms with E-state index in [1.54, 1.807) is 0 Å². The van der Waals surface area contributed by atoms with E-state index in [4.69, 9.17) is 11.1 Å². The molecule has 0 bridgehead atoms. The summed E-state index contributed by atoms with van der Waals surface area (Å²) >= 11 is 18.3. The molecule has 0 fully saturated rings. The van der Waals surface area contributed by atoms with Gasteiger partial charge in [-0.15, -0.1) is 0 Å². The third-order valence-electron chi connectivity index (χ3n) is 9.91. The molecule has 7 rings (SSSR count). The summed E-state index contributed by atoms with van der Waals surface area (Å²) in [4.78, 5) is 4.47. The van der Waals surface area contributed by atoms with E-state index in [-0.39, 0.29) is 0 Å². The van der Waals surface area contributed by atoms with Crippen molar-refractivity contribution < 1.29 is 0 Å². The van der Waals surface area contributed by atoms with Gasteiger partial charge in [0.1, 0.15) is 0 Å². The lowest BCUT2D eigenvalue weighted by atomic mass is 9.89. The van der Waals surface area contributed by atoms with Crippen LogP contribution in [-0.2, 0) is 13.1 Å². The molecule has 260 valence electrons. The van der Waals surface area contributed by atoms with Gasteiger partial charge in [0.25, 0.3) is 0 Å². The molecule has 0 spiro atoms. The highest BCUT2D eigenvalue weighted by Crippen LogP contribution is 2.60. The van der Waals surface area contributed by atoms with Crippen molar-refractivity contribution in [3.63, 3.8) is 0 Å². The first kappa shape index (κ1) is 36.1. The Morgan fingerprint density at radius 1 is 0.423 bits per heavy atom. The zero-order valence-electron chi connectivity index (χ0n) is 30.2. The number of hydrogen-bond acceptors (Lipinski definition) is 2. The van der Waals surface area contributed by atoms with Crippen LogP contribution in [0.25, 0.3) is 21.5 Å². The van der Waals surface area contributed by atoms with E-state index in [0.29, 0.717) is 0 Å². The molecule has 1 aliphatic heterocycles. The van der Waals surface area contributed by atoms with Crippen molar-refractivity contribution in [2.75, 3.05) is 28.2 Å². The summed E-state index contributed by atoms with van der Waals surface area (Å²) < 4.78 is 0. The Labute approximate surface area is 320 Å². The fraction of sp³-hybridized carbons (Fsp3) is 0.130. The van der Waals surface area contributed by atoms with E-state index in [1.807, 2.05) is 0 Å². The summed E-state index contributed by atoms with van der Waals surface area (Å²) in [6, 6.07) is 61.0. The Morgan fingerprint density at radius 3 is 1.04 bits per heavy atom. The Hall–Kier alpha value is -4.27. The molecule has 1 aliphatic rings. The minimum absolute atomic E-state index is 0.751. The highest BCUT2D eigenvalue weighted by atomic mass is 35.6. The molecule has 0 aromatic heterocycles. The zero-order chi connectivity index (χ0) is 36.3. The van der Waals surface area contributed by atoms with Crippen molar-refractivity contribution in [1.29, 1.82) is 0 Å². The number of rotatable bonds is 11. The molecule has 0 saturated carbocycles. The van der Waals surface area contributed by atoms with Crippen LogP contribution in [0.1, 0.15) is 33.4 Å². The first-order chi connectivity index (χ1) is 25.2. The van der Waals surface area contributed by atoms with Gasteiger partial charge in [0.05, 0.1) is 0 Å². The smallest absolute Gasteiger partial charge is 0.236 e. The van der Waals surface area contributed by atoms with Gasteiger partial charge in [-0.2, -0.15) is 22.2 Å². The second-order valence-corrected chi connectivity index (χ2v) is 28.6. The molecule has 0 aliphatic carbocycles. The standard InChI is InChI=1S/C46H44Cl2N2Si2/c1-49(2)33-39-29-17-19-31-41(39)51(47,42-32-20-18-30-40(42)34-50(3)4)52(48)45(37-25-13-7-14-26-37)43(35-21-9-5-10-22-35)44(36-23-11-6-12-24-36)46(52)38-27-15-8-16-28-38/h5-32H,33-34H2,1-4H3.